The van der Waals surface area contributed by atoms with Gasteiger partial charge < -0.3 is 15.0 Å². The van der Waals surface area contributed by atoms with Crippen LogP contribution in [0.25, 0.3) is 5.69 Å². The van der Waals surface area contributed by atoms with E-state index in [9.17, 15) is 36.7 Å². The monoisotopic (exact) mass is 536 g/mol. The number of anilines is 1. The van der Waals surface area contributed by atoms with Gasteiger partial charge in [-0.2, -0.15) is 13.2 Å². The van der Waals surface area contributed by atoms with Crippen LogP contribution in [0, 0.1) is 5.82 Å². The zero-order chi connectivity index (χ0) is 24.7. The Morgan fingerprint density at radius 3 is 2.48 bits per heavy atom. The molecule has 14 heteroatoms. The Kier molecular flexibility index (Phi) is 6.68. The number of rotatable bonds is 3. The number of urea groups is 1. The summed E-state index contributed by atoms with van der Waals surface area (Å²) >= 11 is 3.05. The third-order valence-corrected chi connectivity index (χ3v) is 5.77. The van der Waals surface area contributed by atoms with E-state index in [0.29, 0.717) is 12.8 Å². The number of aromatic nitrogens is 2. The number of carbonyl (C=O) groups is 2. The number of amides is 2. The fourth-order valence-corrected chi connectivity index (χ4v) is 3.92. The molecule has 1 N–H and O–H groups in total. The second-order valence-electron chi connectivity index (χ2n) is 7.13. The van der Waals surface area contributed by atoms with Crippen LogP contribution in [-0.4, -0.2) is 45.7 Å². The van der Waals surface area contributed by atoms with Crippen molar-refractivity contribution in [3.05, 3.63) is 55.0 Å². The van der Waals surface area contributed by atoms with Gasteiger partial charge in [0, 0.05) is 24.1 Å². The van der Waals surface area contributed by atoms with Gasteiger partial charge in [0.2, 0.25) is 0 Å². The number of likely N-dealkylation sites (tertiary alicyclic amines) is 1. The van der Waals surface area contributed by atoms with Gasteiger partial charge in [0.25, 0.3) is 5.56 Å². The molecule has 0 spiro atoms. The van der Waals surface area contributed by atoms with E-state index < -0.39 is 52.7 Å². The van der Waals surface area contributed by atoms with Gasteiger partial charge in [-0.1, -0.05) is 0 Å². The quantitative estimate of drug-likeness (QED) is 0.480. The van der Waals surface area contributed by atoms with E-state index in [1.807, 2.05) is 0 Å². The largest absolute Gasteiger partial charge is 0.467 e. The lowest BCUT2D eigenvalue weighted by molar-refractivity contribution is -0.145. The number of carbonyl (C=O) groups excluding carboxylic acids is 2. The van der Waals surface area contributed by atoms with Crippen LogP contribution in [0.5, 0.6) is 0 Å². The first kappa shape index (κ1) is 24.5. The van der Waals surface area contributed by atoms with Gasteiger partial charge in [-0.15, -0.1) is 0 Å². The number of alkyl halides is 3. The lowest BCUT2D eigenvalue weighted by atomic mass is 10.2. The van der Waals surface area contributed by atoms with E-state index in [1.165, 1.54) is 12.0 Å². The number of halogens is 5. The molecule has 0 radical (unpaired) electrons. The van der Waals surface area contributed by atoms with E-state index in [4.69, 9.17) is 0 Å². The average molecular weight is 537 g/mol. The van der Waals surface area contributed by atoms with E-state index in [0.717, 1.165) is 19.2 Å². The maximum absolute atomic E-state index is 14.7. The zero-order valence-electron chi connectivity index (χ0n) is 17.2. The number of esters is 1. The van der Waals surface area contributed by atoms with E-state index in [-0.39, 0.29) is 31.9 Å². The molecule has 1 atom stereocenters. The Morgan fingerprint density at radius 2 is 1.88 bits per heavy atom. The topological polar surface area (TPSA) is 103 Å². The van der Waals surface area contributed by atoms with Crippen molar-refractivity contribution in [2.24, 2.45) is 7.05 Å². The molecule has 3 rings (SSSR count). The molecule has 0 unspecified atom stereocenters. The van der Waals surface area contributed by atoms with Crippen LogP contribution in [0.15, 0.2) is 32.3 Å². The Hall–Kier alpha value is -3.16. The van der Waals surface area contributed by atoms with Crippen molar-refractivity contribution in [2.75, 3.05) is 19.0 Å². The first-order valence-electron chi connectivity index (χ1n) is 9.42. The number of hydrogen-bond acceptors (Lipinski definition) is 5. The number of ether oxygens (including phenoxy) is 1. The summed E-state index contributed by atoms with van der Waals surface area (Å²) in [7, 11) is 1.97. The van der Waals surface area contributed by atoms with Crippen molar-refractivity contribution in [1.29, 1.82) is 0 Å². The molecule has 2 amide bonds. The molecule has 0 bridgehead atoms. The van der Waals surface area contributed by atoms with Crippen molar-refractivity contribution in [3.8, 4) is 5.69 Å². The van der Waals surface area contributed by atoms with Gasteiger partial charge in [-0.25, -0.2) is 23.3 Å². The first-order valence-corrected chi connectivity index (χ1v) is 10.2. The highest BCUT2D eigenvalue weighted by Gasteiger charge is 2.36. The highest BCUT2D eigenvalue weighted by Crippen LogP contribution is 2.30. The number of hydrogen-bond donors (Lipinski definition) is 1. The minimum absolute atomic E-state index is 0.0303. The molecule has 2 aromatic rings. The maximum atomic E-state index is 14.7. The van der Waals surface area contributed by atoms with Gasteiger partial charge in [0.15, 0.2) is 0 Å². The Labute approximate surface area is 191 Å². The smallest absolute Gasteiger partial charge is 0.431 e. The molecule has 0 saturated carbocycles. The predicted octanol–water partition coefficient (Wildman–Crippen LogP) is 2.63. The Bertz CT molecular complexity index is 1240. The van der Waals surface area contributed by atoms with Crippen LogP contribution in [0.4, 0.5) is 28.0 Å². The number of methoxy groups -OCH3 is 1. The number of nitrogens with one attached hydrogen (secondary N) is 1. The molecule has 178 valence electrons. The minimum Gasteiger partial charge on any atom is -0.467 e. The summed E-state index contributed by atoms with van der Waals surface area (Å²) in [5.74, 6) is -1.71. The van der Waals surface area contributed by atoms with Crippen LogP contribution in [0.1, 0.15) is 18.5 Å². The van der Waals surface area contributed by atoms with Gasteiger partial charge >= 0.3 is 23.9 Å². The summed E-state index contributed by atoms with van der Waals surface area (Å²) in [6, 6.07) is 0.395. The SMILES string of the molecule is COC(=O)[C@@H]1CCCN1C(=O)Nc1cc(-n2c(=O)cc(C(F)(F)F)n(C)c2=O)c(F)cc1Br. The number of nitrogens with zero attached hydrogens (tertiary/aromatic N) is 3. The van der Waals surface area contributed by atoms with E-state index >= 15 is 0 Å². The van der Waals surface area contributed by atoms with E-state index in [1.54, 1.807) is 0 Å². The molecular weight excluding hydrogens is 520 g/mol. The second-order valence-corrected chi connectivity index (χ2v) is 7.99. The molecule has 1 aliphatic rings. The van der Waals surface area contributed by atoms with Gasteiger partial charge in [0.1, 0.15) is 17.6 Å². The fourth-order valence-electron chi connectivity index (χ4n) is 3.50. The maximum Gasteiger partial charge on any atom is 0.431 e. The normalized spacial score (nSPS) is 16.1. The van der Waals surface area contributed by atoms with Crippen molar-refractivity contribution >= 4 is 33.6 Å². The summed E-state index contributed by atoms with van der Waals surface area (Å²) in [6.07, 6.45) is -4.05. The summed E-state index contributed by atoms with van der Waals surface area (Å²) in [5, 5.41) is 2.45. The third-order valence-electron chi connectivity index (χ3n) is 5.12. The summed E-state index contributed by atoms with van der Waals surface area (Å²) in [6.45, 7) is 0.246. The highest BCUT2D eigenvalue weighted by molar-refractivity contribution is 9.10. The summed E-state index contributed by atoms with van der Waals surface area (Å²) in [5.41, 5.74) is -5.09. The molecule has 1 aliphatic heterocycles. The van der Waals surface area contributed by atoms with Crippen LogP contribution >= 0.6 is 15.9 Å². The third kappa shape index (κ3) is 4.65. The van der Waals surface area contributed by atoms with Crippen molar-refractivity contribution in [1.82, 2.24) is 14.0 Å². The standard InChI is InChI=1S/C19H17BrF4N4O5/c1-26-14(19(22,23)24)8-15(29)28(18(26)32)13-7-11(9(20)6-10(13)21)25-17(31)27-5-3-4-12(27)16(30)33-2/h6-8,12H,3-5H2,1-2H3,(H,25,31)/t12-/m0/s1. The van der Waals surface area contributed by atoms with Crippen molar-refractivity contribution in [3.63, 3.8) is 0 Å². The highest BCUT2D eigenvalue weighted by atomic mass is 79.9. The molecule has 9 nitrogen and oxygen atoms in total. The molecule has 0 aliphatic carbocycles. The van der Waals surface area contributed by atoms with Crippen LogP contribution in [0.3, 0.4) is 0 Å². The first-order chi connectivity index (χ1) is 15.4. The van der Waals surface area contributed by atoms with Crippen molar-refractivity contribution < 1.29 is 31.9 Å². The minimum atomic E-state index is -4.98. The fraction of sp³-hybridized carbons (Fsp3) is 0.368. The van der Waals surface area contributed by atoms with Crippen molar-refractivity contribution in [2.45, 2.75) is 25.1 Å². The van der Waals surface area contributed by atoms with Crippen LogP contribution < -0.4 is 16.6 Å². The van der Waals surface area contributed by atoms with Gasteiger partial charge in [-0.05, 0) is 40.9 Å². The predicted molar refractivity (Wildman–Crippen MR) is 111 cm³/mol. The molecule has 1 aromatic carbocycles. The lowest BCUT2D eigenvalue weighted by Gasteiger charge is -2.23. The molecule has 2 heterocycles. The molecule has 1 aromatic heterocycles. The summed E-state index contributed by atoms with van der Waals surface area (Å²) in [4.78, 5) is 50.6. The van der Waals surface area contributed by atoms with E-state index in [2.05, 4.69) is 26.0 Å². The van der Waals surface area contributed by atoms with Gasteiger partial charge in [-0.3, -0.25) is 9.36 Å². The van der Waals surface area contributed by atoms with Gasteiger partial charge in [0.05, 0.1) is 18.5 Å². The molecule has 1 fully saturated rings. The Morgan fingerprint density at radius 1 is 1.21 bits per heavy atom. The van der Waals surface area contributed by atoms with Crippen LogP contribution in [-0.2, 0) is 22.8 Å². The molecular formula is C19H17BrF4N4O5. The lowest BCUT2D eigenvalue weighted by Crippen LogP contribution is -2.43. The van der Waals surface area contributed by atoms with Crippen LogP contribution in [0.2, 0.25) is 0 Å². The zero-order valence-corrected chi connectivity index (χ0v) is 18.8. The number of benzene rings is 1. The molecule has 33 heavy (non-hydrogen) atoms. The molecule has 1 saturated heterocycles. The summed E-state index contributed by atoms with van der Waals surface area (Å²) < 4.78 is 59.0. The average Bonchev–Trinajstić information content (AvgIpc) is 3.22. The second kappa shape index (κ2) is 9.00. The Balaban J connectivity index is 2.04.